The second-order valence-electron chi connectivity index (χ2n) is 5.60. The highest BCUT2D eigenvalue weighted by molar-refractivity contribution is 6.32. The van der Waals surface area contributed by atoms with Crippen molar-refractivity contribution in [2.45, 2.75) is 13.3 Å². The van der Waals surface area contributed by atoms with Crippen molar-refractivity contribution in [3.05, 3.63) is 59.1 Å². The van der Waals surface area contributed by atoms with Crippen LogP contribution in [0.2, 0.25) is 5.02 Å². The minimum atomic E-state index is -0.487. The molecule has 4 nitrogen and oxygen atoms in total. The third-order valence-electron chi connectivity index (χ3n) is 3.82. The lowest BCUT2D eigenvalue weighted by atomic mass is 10.1. The van der Waals surface area contributed by atoms with E-state index >= 15 is 0 Å². The molecule has 118 valence electrons. The number of carbonyl (C=O) groups excluding carboxylic acids is 2. The van der Waals surface area contributed by atoms with Crippen LogP contribution in [0.1, 0.15) is 12.0 Å². The number of aryl methyl sites for hydroxylation is 1. The number of ether oxygens (including phenoxy) is 1. The monoisotopic (exact) mass is 329 g/mol. The number of hydrogen-bond acceptors (Lipinski definition) is 3. The molecule has 1 aliphatic heterocycles. The molecule has 0 aliphatic carbocycles. The van der Waals surface area contributed by atoms with Crippen LogP contribution in [0.5, 0.6) is 5.75 Å². The number of para-hydroxylation sites is 1. The Labute approximate surface area is 139 Å². The maximum atomic E-state index is 12.3. The van der Waals surface area contributed by atoms with Gasteiger partial charge in [0.05, 0.1) is 10.9 Å². The van der Waals surface area contributed by atoms with E-state index in [9.17, 15) is 9.59 Å². The van der Waals surface area contributed by atoms with Gasteiger partial charge in [-0.3, -0.25) is 9.59 Å². The van der Waals surface area contributed by atoms with E-state index in [0.29, 0.717) is 17.3 Å². The molecular weight excluding hydrogens is 314 g/mol. The first kappa shape index (κ1) is 15.6. The summed E-state index contributed by atoms with van der Waals surface area (Å²) in [6.07, 6.45) is 0.150. The van der Waals surface area contributed by atoms with Gasteiger partial charge in [0, 0.05) is 18.7 Å². The summed E-state index contributed by atoms with van der Waals surface area (Å²) in [5.41, 5.74) is 1.88. The number of carbonyl (C=O) groups is 2. The number of hydrogen-bond donors (Lipinski definition) is 0. The minimum Gasteiger partial charge on any atom is -0.425 e. The van der Waals surface area contributed by atoms with Crippen LogP contribution in [0, 0.1) is 12.8 Å². The summed E-state index contributed by atoms with van der Waals surface area (Å²) in [6, 6.07) is 14.5. The normalized spacial score (nSPS) is 17.4. The Morgan fingerprint density at radius 3 is 2.74 bits per heavy atom. The lowest BCUT2D eigenvalue weighted by Crippen LogP contribution is -2.27. The number of esters is 1. The van der Waals surface area contributed by atoms with Gasteiger partial charge in [0.15, 0.2) is 0 Å². The molecule has 0 bridgehead atoms. The van der Waals surface area contributed by atoms with Gasteiger partial charge in [0.2, 0.25) is 5.91 Å². The van der Waals surface area contributed by atoms with Crippen LogP contribution in [-0.4, -0.2) is 18.4 Å². The zero-order chi connectivity index (χ0) is 16.4. The van der Waals surface area contributed by atoms with E-state index in [1.54, 1.807) is 29.2 Å². The van der Waals surface area contributed by atoms with E-state index in [2.05, 4.69) is 0 Å². The summed E-state index contributed by atoms with van der Waals surface area (Å²) in [5, 5.41) is 0.376. The maximum absolute atomic E-state index is 12.3. The molecule has 0 spiro atoms. The Morgan fingerprint density at radius 1 is 1.22 bits per heavy atom. The molecule has 3 rings (SSSR count). The molecule has 1 fully saturated rings. The van der Waals surface area contributed by atoms with Crippen molar-refractivity contribution >= 4 is 29.2 Å². The number of nitrogens with zero attached hydrogens (tertiary/aromatic N) is 1. The number of amides is 1. The van der Waals surface area contributed by atoms with Crippen LogP contribution in [0.15, 0.2) is 48.5 Å². The third-order valence-corrected chi connectivity index (χ3v) is 4.13. The summed E-state index contributed by atoms with van der Waals surface area (Å²) in [7, 11) is 0. The molecule has 1 aliphatic rings. The molecular formula is C18H16ClNO3. The Hall–Kier alpha value is -2.33. The van der Waals surface area contributed by atoms with Crippen LogP contribution in [-0.2, 0) is 9.59 Å². The Kier molecular flexibility index (Phi) is 4.35. The smallest absolute Gasteiger partial charge is 0.316 e. The predicted octanol–water partition coefficient (Wildman–Crippen LogP) is 3.61. The van der Waals surface area contributed by atoms with Crippen molar-refractivity contribution < 1.29 is 14.3 Å². The zero-order valence-corrected chi connectivity index (χ0v) is 13.4. The molecule has 1 heterocycles. The summed E-state index contributed by atoms with van der Waals surface area (Å²) >= 11 is 5.99. The second kappa shape index (κ2) is 6.42. The highest BCUT2D eigenvalue weighted by atomic mass is 35.5. The Morgan fingerprint density at radius 2 is 2.00 bits per heavy atom. The lowest BCUT2D eigenvalue weighted by molar-refractivity contribution is -0.139. The van der Waals surface area contributed by atoms with Gasteiger partial charge < -0.3 is 9.64 Å². The molecule has 1 saturated heterocycles. The summed E-state index contributed by atoms with van der Waals surface area (Å²) in [4.78, 5) is 26.1. The van der Waals surface area contributed by atoms with Crippen LogP contribution >= 0.6 is 11.6 Å². The van der Waals surface area contributed by atoms with Gasteiger partial charge in [-0.15, -0.1) is 0 Å². The maximum Gasteiger partial charge on any atom is 0.316 e. The van der Waals surface area contributed by atoms with Gasteiger partial charge >= 0.3 is 5.97 Å². The van der Waals surface area contributed by atoms with Gasteiger partial charge in [-0.1, -0.05) is 35.9 Å². The van der Waals surface area contributed by atoms with E-state index in [0.717, 1.165) is 11.3 Å². The molecule has 2 aromatic rings. The Balaban J connectivity index is 1.72. The van der Waals surface area contributed by atoms with Crippen molar-refractivity contribution in [1.29, 1.82) is 0 Å². The average molecular weight is 330 g/mol. The summed E-state index contributed by atoms with van der Waals surface area (Å²) in [6.45, 7) is 2.29. The number of rotatable bonds is 3. The Bertz CT molecular complexity index is 759. The SMILES string of the molecule is Cc1cccc(N2C[C@@H](C(=O)Oc3ccccc3Cl)CC2=O)c1. The van der Waals surface area contributed by atoms with Gasteiger partial charge in [-0.05, 0) is 36.8 Å². The summed E-state index contributed by atoms with van der Waals surface area (Å²) in [5.74, 6) is -0.668. The molecule has 23 heavy (non-hydrogen) atoms. The van der Waals surface area contributed by atoms with Crippen molar-refractivity contribution in [2.75, 3.05) is 11.4 Å². The highest BCUT2D eigenvalue weighted by Gasteiger charge is 2.36. The quantitative estimate of drug-likeness (QED) is 0.638. The van der Waals surface area contributed by atoms with Crippen molar-refractivity contribution in [3.8, 4) is 5.75 Å². The van der Waals surface area contributed by atoms with Crippen LogP contribution in [0.4, 0.5) is 5.69 Å². The first-order valence-corrected chi connectivity index (χ1v) is 7.75. The van der Waals surface area contributed by atoms with E-state index in [-0.39, 0.29) is 12.3 Å². The molecule has 0 saturated carbocycles. The minimum absolute atomic E-state index is 0.0725. The fourth-order valence-electron chi connectivity index (χ4n) is 2.63. The van der Waals surface area contributed by atoms with Crippen molar-refractivity contribution in [1.82, 2.24) is 0 Å². The number of anilines is 1. The number of halogens is 1. The highest BCUT2D eigenvalue weighted by Crippen LogP contribution is 2.29. The summed E-state index contributed by atoms with van der Waals surface area (Å²) < 4.78 is 5.34. The molecule has 0 radical (unpaired) electrons. The van der Waals surface area contributed by atoms with E-state index < -0.39 is 11.9 Å². The topological polar surface area (TPSA) is 46.6 Å². The lowest BCUT2D eigenvalue weighted by Gasteiger charge is -2.17. The number of benzene rings is 2. The molecule has 1 atom stereocenters. The van der Waals surface area contributed by atoms with Gasteiger partial charge in [-0.2, -0.15) is 0 Å². The zero-order valence-electron chi connectivity index (χ0n) is 12.7. The molecule has 1 amide bonds. The molecule has 5 heteroatoms. The first-order chi connectivity index (χ1) is 11.0. The van der Waals surface area contributed by atoms with Crippen molar-refractivity contribution in [3.63, 3.8) is 0 Å². The fraction of sp³-hybridized carbons (Fsp3) is 0.222. The van der Waals surface area contributed by atoms with Gasteiger partial charge in [0.1, 0.15) is 5.75 Å². The van der Waals surface area contributed by atoms with Crippen LogP contribution < -0.4 is 9.64 Å². The largest absolute Gasteiger partial charge is 0.425 e. The first-order valence-electron chi connectivity index (χ1n) is 7.38. The van der Waals surface area contributed by atoms with E-state index in [1.807, 2.05) is 31.2 Å². The predicted molar refractivity (Wildman–Crippen MR) is 88.7 cm³/mol. The van der Waals surface area contributed by atoms with Crippen LogP contribution in [0.25, 0.3) is 0 Å². The fourth-order valence-corrected chi connectivity index (χ4v) is 2.80. The van der Waals surface area contributed by atoms with E-state index in [1.165, 1.54) is 0 Å². The van der Waals surface area contributed by atoms with Crippen LogP contribution in [0.3, 0.4) is 0 Å². The van der Waals surface area contributed by atoms with Gasteiger partial charge in [0.25, 0.3) is 0 Å². The van der Waals surface area contributed by atoms with E-state index in [4.69, 9.17) is 16.3 Å². The standard InChI is InChI=1S/C18H16ClNO3/c1-12-5-4-6-14(9-12)20-11-13(10-17(20)21)18(22)23-16-8-3-2-7-15(16)19/h2-9,13H,10-11H2,1H3/t13-/m0/s1. The van der Waals surface area contributed by atoms with Gasteiger partial charge in [-0.25, -0.2) is 0 Å². The molecule has 0 unspecified atom stereocenters. The average Bonchev–Trinajstić information content (AvgIpc) is 2.92. The second-order valence-corrected chi connectivity index (χ2v) is 6.00. The van der Waals surface area contributed by atoms with Crippen molar-refractivity contribution in [2.24, 2.45) is 5.92 Å². The molecule has 2 aromatic carbocycles. The molecule has 0 aromatic heterocycles. The molecule has 0 N–H and O–H groups in total. The third kappa shape index (κ3) is 3.37.